The van der Waals surface area contributed by atoms with Crippen LogP contribution in [0.25, 0.3) is 11.0 Å². The van der Waals surface area contributed by atoms with Crippen LogP contribution in [0.15, 0.2) is 28.9 Å². The number of hydrogen-bond acceptors (Lipinski definition) is 5. The number of carboxylic acid groups (broad SMARTS) is 1. The lowest BCUT2D eigenvalue weighted by atomic mass is 10.1. The molecule has 1 N–H and O–H groups in total. The van der Waals surface area contributed by atoms with Crippen molar-refractivity contribution in [3.63, 3.8) is 0 Å². The van der Waals surface area contributed by atoms with Crippen molar-refractivity contribution >= 4 is 22.8 Å². The molecule has 0 radical (unpaired) electrons. The third-order valence-electron chi connectivity index (χ3n) is 4.10. The summed E-state index contributed by atoms with van der Waals surface area (Å²) in [5.41, 5.74) is 1.47. The van der Waals surface area contributed by atoms with Gasteiger partial charge in [-0.15, -0.1) is 0 Å². The summed E-state index contributed by atoms with van der Waals surface area (Å²) in [6.45, 7) is 1.13. The van der Waals surface area contributed by atoms with E-state index in [4.69, 9.17) is 19.0 Å². The summed E-state index contributed by atoms with van der Waals surface area (Å²) in [7, 11) is 1.58. The van der Waals surface area contributed by atoms with Crippen molar-refractivity contribution < 1.29 is 28.6 Å². The number of aliphatic carboxylic acids is 1. The van der Waals surface area contributed by atoms with Crippen molar-refractivity contribution in [2.45, 2.75) is 18.9 Å². The van der Waals surface area contributed by atoms with Gasteiger partial charge in [0.05, 0.1) is 38.9 Å². The quantitative estimate of drug-likeness (QED) is 0.895. The van der Waals surface area contributed by atoms with Crippen LogP contribution >= 0.6 is 0 Å². The van der Waals surface area contributed by atoms with Crippen molar-refractivity contribution in [3.05, 3.63) is 30.0 Å². The summed E-state index contributed by atoms with van der Waals surface area (Å²) in [6, 6.07) is 5.47. The van der Waals surface area contributed by atoms with Crippen LogP contribution in [-0.2, 0) is 20.7 Å². The number of fused-ring (bicyclic) bond motifs is 1. The van der Waals surface area contributed by atoms with E-state index in [0.717, 1.165) is 10.9 Å². The standard InChI is InChI=1S/C17H19NO6/c1-22-12-2-3-14-11(10-24-15(14)7-12)6-16(19)18-4-5-23-13(9-18)8-17(20)21/h2-3,7,10,13H,4-6,8-9H2,1H3,(H,20,21). The van der Waals surface area contributed by atoms with E-state index in [1.807, 2.05) is 12.1 Å². The number of morpholine rings is 1. The van der Waals surface area contributed by atoms with E-state index in [1.54, 1.807) is 24.3 Å². The first-order valence-electron chi connectivity index (χ1n) is 7.72. The highest BCUT2D eigenvalue weighted by molar-refractivity contribution is 5.88. The molecule has 0 spiro atoms. The first-order valence-corrected chi connectivity index (χ1v) is 7.72. The molecule has 1 amide bonds. The molecule has 3 rings (SSSR count). The highest BCUT2D eigenvalue weighted by Gasteiger charge is 2.26. The summed E-state index contributed by atoms with van der Waals surface area (Å²) in [4.78, 5) is 25.0. The minimum Gasteiger partial charge on any atom is -0.497 e. The number of carbonyl (C=O) groups is 2. The molecule has 1 aliphatic heterocycles. The topological polar surface area (TPSA) is 89.2 Å². The van der Waals surface area contributed by atoms with E-state index >= 15 is 0 Å². The number of carboxylic acids is 1. The molecule has 7 nitrogen and oxygen atoms in total. The van der Waals surface area contributed by atoms with Crippen LogP contribution < -0.4 is 4.74 Å². The lowest BCUT2D eigenvalue weighted by Gasteiger charge is -2.32. The fourth-order valence-electron chi connectivity index (χ4n) is 2.87. The molecule has 1 aromatic heterocycles. The van der Waals surface area contributed by atoms with E-state index in [1.165, 1.54) is 0 Å². The third kappa shape index (κ3) is 3.51. The Kier molecular flexibility index (Phi) is 4.71. The van der Waals surface area contributed by atoms with Gasteiger partial charge in [-0.3, -0.25) is 9.59 Å². The van der Waals surface area contributed by atoms with E-state index in [2.05, 4.69) is 0 Å². The number of ether oxygens (including phenoxy) is 2. The van der Waals surface area contributed by atoms with Gasteiger partial charge in [0.25, 0.3) is 0 Å². The average molecular weight is 333 g/mol. The normalized spacial score (nSPS) is 17.9. The Morgan fingerprint density at radius 2 is 2.25 bits per heavy atom. The number of amides is 1. The molecule has 0 aliphatic carbocycles. The minimum absolute atomic E-state index is 0.0628. The largest absolute Gasteiger partial charge is 0.497 e. The highest BCUT2D eigenvalue weighted by atomic mass is 16.5. The molecule has 1 fully saturated rings. The van der Waals surface area contributed by atoms with E-state index < -0.39 is 12.1 Å². The van der Waals surface area contributed by atoms with Gasteiger partial charge in [-0.25, -0.2) is 0 Å². The fraction of sp³-hybridized carbons (Fsp3) is 0.412. The number of carbonyl (C=O) groups excluding carboxylic acids is 1. The lowest BCUT2D eigenvalue weighted by molar-refractivity contribution is -0.147. The van der Waals surface area contributed by atoms with Gasteiger partial charge < -0.3 is 23.9 Å². The Balaban J connectivity index is 1.69. The van der Waals surface area contributed by atoms with Crippen LogP contribution in [0.4, 0.5) is 0 Å². The molecule has 1 unspecified atom stereocenters. The van der Waals surface area contributed by atoms with E-state index in [0.29, 0.717) is 31.0 Å². The Hall–Kier alpha value is -2.54. The second kappa shape index (κ2) is 6.92. The van der Waals surface area contributed by atoms with Gasteiger partial charge in [0.1, 0.15) is 11.3 Å². The summed E-state index contributed by atoms with van der Waals surface area (Å²) < 4.78 is 16.0. The Morgan fingerprint density at radius 3 is 3.00 bits per heavy atom. The van der Waals surface area contributed by atoms with E-state index in [9.17, 15) is 9.59 Å². The molecule has 2 heterocycles. The van der Waals surface area contributed by atoms with Crippen molar-refractivity contribution in [3.8, 4) is 5.75 Å². The first-order chi connectivity index (χ1) is 11.6. The molecule has 1 aliphatic rings. The summed E-state index contributed by atoms with van der Waals surface area (Å²) in [5.74, 6) is -0.296. The molecule has 1 atom stereocenters. The van der Waals surface area contributed by atoms with Crippen molar-refractivity contribution in [2.75, 3.05) is 26.8 Å². The number of rotatable bonds is 5. The zero-order chi connectivity index (χ0) is 17.1. The minimum atomic E-state index is -0.927. The number of furan rings is 1. The van der Waals surface area contributed by atoms with Gasteiger partial charge in [0.2, 0.25) is 5.91 Å². The van der Waals surface area contributed by atoms with Crippen LogP contribution in [0.3, 0.4) is 0 Å². The molecule has 1 saturated heterocycles. The molecular weight excluding hydrogens is 314 g/mol. The predicted octanol–water partition coefficient (Wildman–Crippen LogP) is 1.69. The van der Waals surface area contributed by atoms with Crippen molar-refractivity contribution in [2.24, 2.45) is 0 Å². The summed E-state index contributed by atoms with van der Waals surface area (Å²) >= 11 is 0. The molecule has 7 heteroatoms. The van der Waals surface area contributed by atoms with Crippen LogP contribution in [-0.4, -0.2) is 54.8 Å². The molecule has 128 valence electrons. The first kappa shape index (κ1) is 16.3. The second-order valence-electron chi connectivity index (χ2n) is 5.73. The molecule has 1 aromatic carbocycles. The van der Waals surface area contributed by atoms with Gasteiger partial charge >= 0.3 is 5.97 Å². The van der Waals surface area contributed by atoms with Gasteiger partial charge in [0, 0.05) is 30.1 Å². The Labute approximate surface area is 138 Å². The SMILES string of the molecule is COc1ccc2c(CC(=O)N3CCOC(CC(=O)O)C3)coc2c1. The van der Waals surface area contributed by atoms with Crippen LogP contribution in [0.1, 0.15) is 12.0 Å². The third-order valence-corrected chi connectivity index (χ3v) is 4.10. The lowest BCUT2D eigenvalue weighted by Crippen LogP contribution is -2.46. The van der Waals surface area contributed by atoms with Gasteiger partial charge in [-0.05, 0) is 12.1 Å². The van der Waals surface area contributed by atoms with E-state index in [-0.39, 0.29) is 18.7 Å². The maximum atomic E-state index is 12.5. The highest BCUT2D eigenvalue weighted by Crippen LogP contribution is 2.26. The maximum absolute atomic E-state index is 12.5. The second-order valence-corrected chi connectivity index (χ2v) is 5.73. The molecule has 24 heavy (non-hydrogen) atoms. The Bertz CT molecular complexity index is 753. The van der Waals surface area contributed by atoms with Crippen molar-refractivity contribution in [1.29, 1.82) is 0 Å². The maximum Gasteiger partial charge on any atom is 0.306 e. The van der Waals surface area contributed by atoms with Crippen LogP contribution in [0.2, 0.25) is 0 Å². The zero-order valence-electron chi connectivity index (χ0n) is 13.4. The van der Waals surface area contributed by atoms with Gasteiger partial charge in [-0.2, -0.15) is 0 Å². The number of methoxy groups -OCH3 is 1. The fourth-order valence-corrected chi connectivity index (χ4v) is 2.87. The average Bonchev–Trinajstić information content (AvgIpc) is 2.96. The number of nitrogens with zero attached hydrogens (tertiary/aromatic N) is 1. The number of benzene rings is 1. The molecule has 0 bridgehead atoms. The summed E-state index contributed by atoms with van der Waals surface area (Å²) in [6.07, 6.45) is 1.24. The van der Waals surface area contributed by atoms with Gasteiger partial charge in [0.15, 0.2) is 0 Å². The molecule has 2 aromatic rings. The molecular formula is C17H19NO6. The predicted molar refractivity (Wildman–Crippen MR) is 85.0 cm³/mol. The molecule has 0 saturated carbocycles. The number of hydrogen-bond donors (Lipinski definition) is 1. The van der Waals surface area contributed by atoms with Crippen LogP contribution in [0.5, 0.6) is 5.75 Å². The monoisotopic (exact) mass is 333 g/mol. The smallest absolute Gasteiger partial charge is 0.306 e. The Morgan fingerprint density at radius 1 is 1.42 bits per heavy atom. The van der Waals surface area contributed by atoms with Crippen LogP contribution in [0, 0.1) is 0 Å². The summed E-state index contributed by atoms with van der Waals surface area (Å²) in [5, 5.41) is 9.73. The van der Waals surface area contributed by atoms with Gasteiger partial charge in [-0.1, -0.05) is 0 Å². The zero-order valence-corrected chi connectivity index (χ0v) is 13.4. The van der Waals surface area contributed by atoms with Crippen molar-refractivity contribution in [1.82, 2.24) is 4.90 Å².